The monoisotopic (exact) mass is 465 g/mol. The second-order valence-corrected chi connectivity index (χ2v) is 7.26. The molecule has 0 unspecified atom stereocenters. The van der Waals surface area contributed by atoms with Gasteiger partial charge in [-0.3, -0.25) is 0 Å². The lowest BCUT2D eigenvalue weighted by Crippen LogP contribution is -2.09. The van der Waals surface area contributed by atoms with Crippen LogP contribution < -0.4 is 9.47 Å². The summed E-state index contributed by atoms with van der Waals surface area (Å²) >= 11 is 6.16. The molecule has 1 aliphatic rings. The van der Waals surface area contributed by atoms with Crippen LogP contribution in [-0.2, 0) is 9.53 Å². The standard InChI is InChI=1S/C25H17ClFNO5/c1-2-31-22-14-15(7-12-21(22)32-24(29)16-8-10-17(27)11-9-16)13-20-25(30)33-23(28-20)18-5-3-4-6-19(18)26/h3-14H,2H2,1H3/b20-13+. The highest BCUT2D eigenvalue weighted by molar-refractivity contribution is 6.34. The van der Waals surface area contributed by atoms with Crippen LogP contribution in [0.25, 0.3) is 6.08 Å². The predicted octanol–water partition coefficient (Wildman–Crippen LogP) is 5.44. The summed E-state index contributed by atoms with van der Waals surface area (Å²) in [5, 5.41) is 0.413. The molecule has 0 fully saturated rings. The Labute approximate surface area is 193 Å². The summed E-state index contributed by atoms with van der Waals surface area (Å²) in [4.78, 5) is 28.9. The molecule has 8 heteroatoms. The number of rotatable bonds is 6. The Balaban J connectivity index is 1.60. The van der Waals surface area contributed by atoms with Crippen LogP contribution in [0.5, 0.6) is 11.5 Å². The van der Waals surface area contributed by atoms with Crippen molar-refractivity contribution in [2.75, 3.05) is 6.61 Å². The quantitative estimate of drug-likeness (QED) is 0.275. The molecule has 0 amide bonds. The van der Waals surface area contributed by atoms with Crippen molar-refractivity contribution in [3.63, 3.8) is 0 Å². The molecule has 166 valence electrons. The largest absolute Gasteiger partial charge is 0.490 e. The van der Waals surface area contributed by atoms with Crippen molar-refractivity contribution in [1.82, 2.24) is 0 Å². The number of carbonyl (C=O) groups is 2. The Morgan fingerprint density at radius 2 is 1.85 bits per heavy atom. The average Bonchev–Trinajstić information content (AvgIpc) is 3.16. The summed E-state index contributed by atoms with van der Waals surface area (Å²) in [6.07, 6.45) is 1.53. The Morgan fingerprint density at radius 1 is 1.09 bits per heavy atom. The van der Waals surface area contributed by atoms with Crippen LogP contribution in [0.15, 0.2) is 77.4 Å². The lowest BCUT2D eigenvalue weighted by atomic mass is 10.1. The SMILES string of the molecule is CCOc1cc(/C=C2/N=C(c3ccccc3Cl)OC2=O)ccc1OC(=O)c1ccc(F)cc1. The van der Waals surface area contributed by atoms with Crippen molar-refractivity contribution < 1.29 is 28.2 Å². The Kier molecular flexibility index (Phi) is 6.51. The first-order chi connectivity index (χ1) is 15.9. The molecule has 0 radical (unpaired) electrons. The second-order valence-electron chi connectivity index (χ2n) is 6.85. The number of hydrogen-bond acceptors (Lipinski definition) is 6. The number of benzene rings is 3. The highest BCUT2D eigenvalue weighted by Gasteiger charge is 2.25. The first kappa shape index (κ1) is 22.2. The van der Waals surface area contributed by atoms with E-state index in [2.05, 4.69) is 4.99 Å². The molecule has 3 aromatic carbocycles. The van der Waals surface area contributed by atoms with E-state index in [0.717, 1.165) is 0 Å². The van der Waals surface area contributed by atoms with Crippen LogP contribution in [0.3, 0.4) is 0 Å². The molecule has 0 aromatic heterocycles. The van der Waals surface area contributed by atoms with Gasteiger partial charge in [0.2, 0.25) is 5.90 Å². The van der Waals surface area contributed by atoms with Crippen molar-refractivity contribution in [3.05, 3.63) is 100.0 Å². The first-order valence-electron chi connectivity index (χ1n) is 9.96. The highest BCUT2D eigenvalue weighted by Crippen LogP contribution is 2.31. The van der Waals surface area contributed by atoms with Crippen molar-refractivity contribution in [2.45, 2.75) is 6.92 Å². The minimum Gasteiger partial charge on any atom is -0.490 e. The number of aliphatic imine (C=N–C) groups is 1. The van der Waals surface area contributed by atoms with Gasteiger partial charge in [0.05, 0.1) is 22.8 Å². The first-order valence-corrected chi connectivity index (χ1v) is 10.3. The fraction of sp³-hybridized carbons (Fsp3) is 0.0800. The van der Waals surface area contributed by atoms with Crippen LogP contribution in [0.1, 0.15) is 28.4 Å². The van der Waals surface area contributed by atoms with Crippen molar-refractivity contribution >= 4 is 35.5 Å². The summed E-state index contributed by atoms with van der Waals surface area (Å²) in [5.74, 6) is -1.13. The molecular formula is C25H17ClFNO5. The molecule has 4 rings (SSSR count). The molecule has 33 heavy (non-hydrogen) atoms. The number of esters is 2. The Morgan fingerprint density at radius 3 is 2.58 bits per heavy atom. The maximum Gasteiger partial charge on any atom is 0.363 e. The van der Waals surface area contributed by atoms with E-state index in [4.69, 9.17) is 25.8 Å². The third kappa shape index (κ3) is 5.10. The summed E-state index contributed by atoms with van der Waals surface area (Å²) in [6, 6.07) is 16.7. The molecule has 0 bridgehead atoms. The highest BCUT2D eigenvalue weighted by atomic mass is 35.5. The number of ether oxygens (including phenoxy) is 3. The van der Waals surface area contributed by atoms with E-state index in [0.29, 0.717) is 28.5 Å². The van der Waals surface area contributed by atoms with Gasteiger partial charge in [-0.05, 0) is 67.1 Å². The van der Waals surface area contributed by atoms with Gasteiger partial charge in [0, 0.05) is 0 Å². The van der Waals surface area contributed by atoms with E-state index in [1.54, 1.807) is 43.3 Å². The molecular weight excluding hydrogens is 449 g/mol. The van der Waals surface area contributed by atoms with Crippen molar-refractivity contribution in [2.24, 2.45) is 4.99 Å². The molecule has 1 heterocycles. The molecule has 0 saturated carbocycles. The minimum atomic E-state index is -0.657. The van der Waals surface area contributed by atoms with Crippen LogP contribution in [-0.4, -0.2) is 24.4 Å². The number of hydrogen-bond donors (Lipinski definition) is 0. The van der Waals surface area contributed by atoms with Gasteiger partial charge in [-0.2, -0.15) is 0 Å². The molecule has 0 aliphatic carbocycles. The summed E-state index contributed by atoms with van der Waals surface area (Å²) in [6.45, 7) is 2.10. The van der Waals surface area contributed by atoms with Gasteiger partial charge in [-0.1, -0.05) is 29.8 Å². The second kappa shape index (κ2) is 9.67. The molecule has 0 spiro atoms. The molecule has 1 aliphatic heterocycles. The summed E-state index contributed by atoms with van der Waals surface area (Å²) < 4.78 is 29.4. The third-order valence-corrected chi connectivity index (χ3v) is 4.91. The van der Waals surface area contributed by atoms with Crippen molar-refractivity contribution in [1.29, 1.82) is 0 Å². The molecule has 6 nitrogen and oxygen atoms in total. The van der Waals surface area contributed by atoms with Gasteiger partial charge in [0.25, 0.3) is 0 Å². The van der Waals surface area contributed by atoms with E-state index in [1.165, 1.54) is 36.4 Å². The fourth-order valence-corrected chi connectivity index (χ4v) is 3.25. The maximum absolute atomic E-state index is 13.1. The van der Waals surface area contributed by atoms with E-state index in [1.807, 2.05) is 0 Å². The van der Waals surface area contributed by atoms with Gasteiger partial charge >= 0.3 is 11.9 Å². The molecule has 0 atom stereocenters. The van der Waals surface area contributed by atoms with Gasteiger partial charge in [-0.25, -0.2) is 19.0 Å². The number of nitrogens with zero attached hydrogens (tertiary/aromatic N) is 1. The normalized spacial score (nSPS) is 14.1. The fourth-order valence-electron chi connectivity index (χ4n) is 3.03. The molecule has 0 saturated heterocycles. The van der Waals surface area contributed by atoms with Crippen LogP contribution in [0, 0.1) is 5.82 Å². The number of halogens is 2. The third-order valence-electron chi connectivity index (χ3n) is 4.58. The smallest absolute Gasteiger partial charge is 0.363 e. The van der Waals surface area contributed by atoms with E-state index in [9.17, 15) is 14.0 Å². The van der Waals surface area contributed by atoms with Crippen molar-refractivity contribution in [3.8, 4) is 11.5 Å². The van der Waals surface area contributed by atoms with E-state index < -0.39 is 17.8 Å². The van der Waals surface area contributed by atoms with Gasteiger partial charge < -0.3 is 14.2 Å². The minimum absolute atomic E-state index is 0.0865. The molecule has 3 aromatic rings. The van der Waals surface area contributed by atoms with Gasteiger partial charge in [0.15, 0.2) is 17.2 Å². The lowest BCUT2D eigenvalue weighted by molar-refractivity contribution is -0.129. The van der Waals surface area contributed by atoms with Gasteiger partial charge in [-0.15, -0.1) is 0 Å². The topological polar surface area (TPSA) is 74.2 Å². The van der Waals surface area contributed by atoms with Crippen LogP contribution in [0.4, 0.5) is 4.39 Å². The Bertz CT molecular complexity index is 1280. The zero-order valence-corrected chi connectivity index (χ0v) is 18.1. The summed E-state index contributed by atoms with van der Waals surface area (Å²) in [5.41, 5.74) is 1.37. The zero-order valence-electron chi connectivity index (χ0n) is 17.4. The Hall–Kier alpha value is -3.97. The average molecular weight is 466 g/mol. The van der Waals surface area contributed by atoms with Gasteiger partial charge in [0.1, 0.15) is 5.82 Å². The lowest BCUT2D eigenvalue weighted by Gasteiger charge is -2.11. The molecule has 0 N–H and O–H groups in total. The number of cyclic esters (lactones) is 1. The number of carbonyl (C=O) groups excluding carboxylic acids is 2. The van der Waals surface area contributed by atoms with Crippen LogP contribution >= 0.6 is 11.6 Å². The predicted molar refractivity (Wildman–Crippen MR) is 121 cm³/mol. The zero-order chi connectivity index (χ0) is 23.4. The van der Waals surface area contributed by atoms with Crippen LogP contribution in [0.2, 0.25) is 5.02 Å². The summed E-state index contributed by atoms with van der Waals surface area (Å²) in [7, 11) is 0. The van der Waals surface area contributed by atoms with E-state index in [-0.39, 0.29) is 22.9 Å². The maximum atomic E-state index is 13.1. The van der Waals surface area contributed by atoms with E-state index >= 15 is 0 Å².